The Labute approximate surface area is 110 Å². The monoisotopic (exact) mass is 253 g/mol. The van der Waals surface area contributed by atoms with Gasteiger partial charge in [-0.15, -0.1) is 0 Å². The van der Waals surface area contributed by atoms with Crippen molar-refractivity contribution in [3.63, 3.8) is 0 Å². The Balaban J connectivity index is 1.85. The van der Waals surface area contributed by atoms with Crippen LogP contribution >= 0.6 is 0 Å². The van der Waals surface area contributed by atoms with Crippen LogP contribution in [0.15, 0.2) is 0 Å². The van der Waals surface area contributed by atoms with Gasteiger partial charge in [0.05, 0.1) is 5.92 Å². The molecule has 2 atom stereocenters. The van der Waals surface area contributed by atoms with E-state index in [0.717, 1.165) is 31.3 Å². The zero-order chi connectivity index (χ0) is 13.0. The van der Waals surface area contributed by atoms with Crippen molar-refractivity contribution in [1.82, 2.24) is 10.2 Å². The number of piperidine rings is 1. The molecule has 1 saturated carbocycles. The second-order valence-electron chi connectivity index (χ2n) is 5.73. The number of nitrogens with one attached hydrogen (secondary N) is 1. The van der Waals surface area contributed by atoms with E-state index in [1.165, 1.54) is 25.8 Å². The summed E-state index contributed by atoms with van der Waals surface area (Å²) in [6, 6.07) is 0.718. The Morgan fingerprint density at radius 1 is 1.44 bits per heavy atom. The summed E-state index contributed by atoms with van der Waals surface area (Å²) in [4.78, 5) is 14.6. The number of carbonyl (C=O) groups is 1. The molecule has 4 heteroatoms. The SMILES string of the molecule is CCC(C1CC1)N1CCCC(C(=O)NCCN)C1. The van der Waals surface area contributed by atoms with Crippen LogP contribution in [0.25, 0.3) is 0 Å². The molecule has 2 unspecified atom stereocenters. The van der Waals surface area contributed by atoms with Crippen molar-refractivity contribution in [3.05, 3.63) is 0 Å². The molecule has 1 heterocycles. The number of amides is 1. The Bertz CT molecular complexity index is 278. The van der Waals surface area contributed by atoms with Crippen LogP contribution in [0.4, 0.5) is 0 Å². The molecule has 4 nitrogen and oxygen atoms in total. The Hall–Kier alpha value is -0.610. The third kappa shape index (κ3) is 3.45. The molecule has 2 fully saturated rings. The van der Waals surface area contributed by atoms with Crippen molar-refractivity contribution in [2.75, 3.05) is 26.2 Å². The van der Waals surface area contributed by atoms with Crippen LogP contribution < -0.4 is 11.1 Å². The molecule has 0 aromatic carbocycles. The number of nitrogens with two attached hydrogens (primary N) is 1. The maximum atomic E-state index is 12.0. The molecule has 2 aliphatic rings. The first-order valence-electron chi connectivity index (χ1n) is 7.48. The van der Waals surface area contributed by atoms with Crippen LogP contribution in [0, 0.1) is 11.8 Å². The fraction of sp³-hybridized carbons (Fsp3) is 0.929. The summed E-state index contributed by atoms with van der Waals surface area (Å²) in [6.07, 6.45) is 6.19. The van der Waals surface area contributed by atoms with Crippen LogP contribution in [0.2, 0.25) is 0 Å². The molecule has 1 aliphatic heterocycles. The largest absolute Gasteiger partial charge is 0.355 e. The van der Waals surface area contributed by atoms with E-state index in [-0.39, 0.29) is 11.8 Å². The van der Waals surface area contributed by atoms with E-state index in [1.807, 2.05) is 0 Å². The lowest BCUT2D eigenvalue weighted by Gasteiger charge is -2.37. The van der Waals surface area contributed by atoms with Crippen molar-refractivity contribution in [3.8, 4) is 0 Å². The van der Waals surface area contributed by atoms with Gasteiger partial charge < -0.3 is 11.1 Å². The van der Waals surface area contributed by atoms with Crippen molar-refractivity contribution >= 4 is 5.91 Å². The first kappa shape index (κ1) is 13.8. The molecular weight excluding hydrogens is 226 g/mol. The second kappa shape index (κ2) is 6.53. The summed E-state index contributed by atoms with van der Waals surface area (Å²) >= 11 is 0. The highest BCUT2D eigenvalue weighted by molar-refractivity contribution is 5.78. The molecule has 18 heavy (non-hydrogen) atoms. The zero-order valence-corrected chi connectivity index (χ0v) is 11.5. The van der Waals surface area contributed by atoms with Crippen LogP contribution in [-0.4, -0.2) is 43.0 Å². The molecule has 0 bridgehead atoms. The number of likely N-dealkylation sites (tertiary alicyclic amines) is 1. The third-order valence-corrected chi connectivity index (χ3v) is 4.32. The van der Waals surface area contributed by atoms with E-state index < -0.39 is 0 Å². The van der Waals surface area contributed by atoms with E-state index in [1.54, 1.807) is 0 Å². The number of hydrogen-bond donors (Lipinski definition) is 2. The number of rotatable bonds is 6. The average Bonchev–Trinajstić information content (AvgIpc) is 3.22. The summed E-state index contributed by atoms with van der Waals surface area (Å²) < 4.78 is 0. The quantitative estimate of drug-likeness (QED) is 0.741. The average molecular weight is 253 g/mol. The van der Waals surface area contributed by atoms with Crippen molar-refractivity contribution in [1.29, 1.82) is 0 Å². The molecule has 1 saturated heterocycles. The zero-order valence-electron chi connectivity index (χ0n) is 11.5. The fourth-order valence-corrected chi connectivity index (χ4v) is 3.23. The van der Waals surface area contributed by atoms with Crippen LogP contribution in [0.3, 0.4) is 0 Å². The number of hydrogen-bond acceptors (Lipinski definition) is 3. The van der Waals surface area contributed by atoms with Gasteiger partial charge in [-0.25, -0.2) is 0 Å². The lowest BCUT2D eigenvalue weighted by molar-refractivity contribution is -0.127. The van der Waals surface area contributed by atoms with E-state index >= 15 is 0 Å². The summed E-state index contributed by atoms with van der Waals surface area (Å²) in [6.45, 7) is 5.54. The first-order valence-corrected chi connectivity index (χ1v) is 7.48. The predicted molar refractivity (Wildman–Crippen MR) is 73.2 cm³/mol. The van der Waals surface area contributed by atoms with Gasteiger partial charge in [0, 0.05) is 25.7 Å². The molecule has 104 valence electrons. The minimum Gasteiger partial charge on any atom is -0.355 e. The van der Waals surface area contributed by atoms with Gasteiger partial charge in [0.25, 0.3) is 0 Å². The van der Waals surface area contributed by atoms with Gasteiger partial charge in [-0.05, 0) is 44.6 Å². The third-order valence-electron chi connectivity index (χ3n) is 4.32. The number of nitrogens with zero attached hydrogens (tertiary/aromatic N) is 1. The van der Waals surface area contributed by atoms with Gasteiger partial charge in [-0.3, -0.25) is 9.69 Å². The van der Waals surface area contributed by atoms with Crippen molar-refractivity contribution < 1.29 is 4.79 Å². The molecule has 2 rings (SSSR count). The van der Waals surface area contributed by atoms with Gasteiger partial charge in [0.1, 0.15) is 0 Å². The lowest BCUT2D eigenvalue weighted by atomic mass is 9.94. The molecule has 1 aliphatic carbocycles. The van der Waals surface area contributed by atoms with E-state index in [2.05, 4.69) is 17.1 Å². The standard InChI is InChI=1S/C14H27N3O/c1-2-13(11-5-6-11)17-9-3-4-12(10-17)14(18)16-8-7-15/h11-13H,2-10,15H2,1H3,(H,16,18). The molecule has 0 spiro atoms. The van der Waals surface area contributed by atoms with Crippen molar-refractivity contribution in [2.24, 2.45) is 17.6 Å². The van der Waals surface area contributed by atoms with Crippen molar-refractivity contribution in [2.45, 2.75) is 45.1 Å². The molecule has 1 amide bonds. The normalized spacial score (nSPS) is 26.9. The molecule has 0 aromatic rings. The molecule has 0 aromatic heterocycles. The highest BCUT2D eigenvalue weighted by Gasteiger charge is 2.37. The topological polar surface area (TPSA) is 58.4 Å². The van der Waals surface area contributed by atoms with Gasteiger partial charge in [0.2, 0.25) is 5.91 Å². The molecular formula is C14H27N3O. The Morgan fingerprint density at radius 2 is 2.22 bits per heavy atom. The summed E-state index contributed by atoms with van der Waals surface area (Å²) in [7, 11) is 0. The Kier molecular flexibility index (Phi) is 5.01. The second-order valence-corrected chi connectivity index (χ2v) is 5.73. The summed E-state index contributed by atoms with van der Waals surface area (Å²) in [5.41, 5.74) is 5.43. The minimum absolute atomic E-state index is 0.179. The van der Waals surface area contributed by atoms with E-state index in [4.69, 9.17) is 5.73 Å². The van der Waals surface area contributed by atoms with Gasteiger partial charge >= 0.3 is 0 Å². The summed E-state index contributed by atoms with van der Waals surface area (Å²) in [5.74, 6) is 1.29. The highest BCUT2D eigenvalue weighted by Crippen LogP contribution is 2.38. The van der Waals surface area contributed by atoms with Crippen LogP contribution in [0.1, 0.15) is 39.0 Å². The van der Waals surface area contributed by atoms with Crippen LogP contribution in [0.5, 0.6) is 0 Å². The predicted octanol–water partition coefficient (Wildman–Crippen LogP) is 0.962. The van der Waals surface area contributed by atoms with Crippen LogP contribution in [-0.2, 0) is 4.79 Å². The molecule has 3 N–H and O–H groups in total. The minimum atomic E-state index is 0.179. The highest BCUT2D eigenvalue weighted by atomic mass is 16.1. The fourth-order valence-electron chi connectivity index (χ4n) is 3.23. The van der Waals surface area contributed by atoms with E-state index in [0.29, 0.717) is 13.1 Å². The summed E-state index contributed by atoms with van der Waals surface area (Å²) in [5, 5.41) is 2.93. The lowest BCUT2D eigenvalue weighted by Crippen LogP contribution is -2.48. The maximum absolute atomic E-state index is 12.0. The van der Waals surface area contributed by atoms with Gasteiger partial charge in [-0.2, -0.15) is 0 Å². The maximum Gasteiger partial charge on any atom is 0.224 e. The smallest absolute Gasteiger partial charge is 0.224 e. The first-order chi connectivity index (χ1) is 8.76. The number of carbonyl (C=O) groups excluding carboxylic acids is 1. The van der Waals surface area contributed by atoms with E-state index in [9.17, 15) is 4.79 Å². The molecule has 0 radical (unpaired) electrons. The Morgan fingerprint density at radius 3 is 2.83 bits per heavy atom. The van der Waals surface area contributed by atoms with Gasteiger partial charge in [0.15, 0.2) is 0 Å². The van der Waals surface area contributed by atoms with Gasteiger partial charge in [-0.1, -0.05) is 6.92 Å².